The fourth-order valence-electron chi connectivity index (χ4n) is 5.13. The summed E-state index contributed by atoms with van der Waals surface area (Å²) in [5.41, 5.74) is 4.62. The van der Waals surface area contributed by atoms with Gasteiger partial charge in [-0.25, -0.2) is 9.97 Å². The van der Waals surface area contributed by atoms with E-state index in [4.69, 9.17) is 9.72 Å². The van der Waals surface area contributed by atoms with E-state index in [0.717, 1.165) is 73.5 Å². The van der Waals surface area contributed by atoms with Crippen LogP contribution in [0, 0.1) is 11.8 Å². The largest absolute Gasteiger partial charge is 0.481 e. The van der Waals surface area contributed by atoms with Gasteiger partial charge in [0, 0.05) is 37.1 Å². The van der Waals surface area contributed by atoms with Crippen LogP contribution >= 0.6 is 0 Å². The molecule has 0 bridgehead atoms. The Bertz CT molecular complexity index is 1170. The highest BCUT2D eigenvalue weighted by Gasteiger charge is 2.21. The number of likely N-dealkylation sites (tertiary alicyclic amines) is 1. The fourth-order valence-corrected chi connectivity index (χ4v) is 5.13. The van der Waals surface area contributed by atoms with Crippen LogP contribution in [0.5, 0.6) is 5.88 Å². The van der Waals surface area contributed by atoms with E-state index in [-0.39, 0.29) is 5.91 Å². The summed E-state index contributed by atoms with van der Waals surface area (Å²) >= 11 is 0. The van der Waals surface area contributed by atoms with E-state index in [1.807, 2.05) is 41.6 Å². The number of rotatable bonds is 13. The summed E-state index contributed by atoms with van der Waals surface area (Å²) in [5.74, 6) is 1.81. The van der Waals surface area contributed by atoms with Gasteiger partial charge in [0.05, 0.1) is 24.1 Å². The highest BCUT2D eigenvalue weighted by atomic mass is 16.5. The van der Waals surface area contributed by atoms with Gasteiger partial charge in [0.25, 0.3) is 5.91 Å². The number of pyridine rings is 2. The lowest BCUT2D eigenvalue weighted by Gasteiger charge is -2.24. The Morgan fingerprint density at radius 2 is 1.74 bits per heavy atom. The van der Waals surface area contributed by atoms with Gasteiger partial charge in [-0.2, -0.15) is 0 Å². The standard InChI is InChI=1S/C31H45N5O2/c1-23(2)14-19-35(20-15-24(3)4)31(37)26-10-12-28-33-30(25-11-13-29(38-5)32-21-25)27(36(28)22-26)9-8-18-34-16-6-7-17-34/h10-13,21-24H,6-9,14-20H2,1-5H3. The molecule has 4 heterocycles. The van der Waals surface area contributed by atoms with Crippen LogP contribution in [0.3, 0.4) is 0 Å². The van der Waals surface area contributed by atoms with E-state index in [2.05, 4.69) is 42.0 Å². The summed E-state index contributed by atoms with van der Waals surface area (Å²) < 4.78 is 7.40. The van der Waals surface area contributed by atoms with Crippen molar-refractivity contribution in [1.82, 2.24) is 24.2 Å². The molecule has 0 spiro atoms. The predicted molar refractivity (Wildman–Crippen MR) is 154 cm³/mol. The Morgan fingerprint density at radius 1 is 1.03 bits per heavy atom. The minimum atomic E-state index is 0.109. The second-order valence-corrected chi connectivity index (χ2v) is 11.5. The second kappa shape index (κ2) is 13.2. The van der Waals surface area contributed by atoms with Gasteiger partial charge in [-0.3, -0.25) is 4.79 Å². The predicted octanol–water partition coefficient (Wildman–Crippen LogP) is 5.97. The van der Waals surface area contributed by atoms with Crippen LogP contribution in [0.2, 0.25) is 0 Å². The lowest BCUT2D eigenvalue weighted by molar-refractivity contribution is 0.0740. The quantitative estimate of drug-likeness (QED) is 0.278. The number of aromatic nitrogens is 3. The van der Waals surface area contributed by atoms with Gasteiger partial charge in [-0.15, -0.1) is 0 Å². The van der Waals surface area contributed by atoms with Crippen molar-refractivity contribution in [3.8, 4) is 17.1 Å². The number of hydrogen-bond acceptors (Lipinski definition) is 5. The fraction of sp³-hybridized carbons (Fsp3) is 0.581. The Kier molecular flexibility index (Phi) is 9.78. The van der Waals surface area contributed by atoms with Gasteiger partial charge in [0.2, 0.25) is 5.88 Å². The molecule has 0 radical (unpaired) electrons. The van der Waals surface area contributed by atoms with Crippen LogP contribution < -0.4 is 4.74 Å². The molecule has 3 aromatic rings. The zero-order chi connectivity index (χ0) is 27.1. The monoisotopic (exact) mass is 519 g/mol. The van der Waals surface area contributed by atoms with Crippen LogP contribution in [-0.2, 0) is 6.42 Å². The van der Waals surface area contributed by atoms with Crippen molar-refractivity contribution in [3.05, 3.63) is 47.9 Å². The zero-order valence-corrected chi connectivity index (χ0v) is 23.9. The molecule has 0 atom stereocenters. The molecule has 3 aromatic heterocycles. The summed E-state index contributed by atoms with van der Waals surface area (Å²) in [7, 11) is 1.63. The average Bonchev–Trinajstić information content (AvgIpc) is 3.56. The number of imidazole rings is 1. The Hall–Kier alpha value is -2.93. The number of methoxy groups -OCH3 is 1. The van der Waals surface area contributed by atoms with E-state index >= 15 is 0 Å². The van der Waals surface area contributed by atoms with Crippen LogP contribution in [0.15, 0.2) is 36.7 Å². The normalized spacial score (nSPS) is 14.2. The van der Waals surface area contributed by atoms with Gasteiger partial charge in [-0.1, -0.05) is 27.7 Å². The highest BCUT2D eigenvalue weighted by Crippen LogP contribution is 2.27. The number of ether oxygens (including phenoxy) is 1. The molecule has 1 aliphatic rings. The molecule has 7 nitrogen and oxygen atoms in total. The maximum atomic E-state index is 13.7. The van der Waals surface area contributed by atoms with Crippen molar-refractivity contribution in [1.29, 1.82) is 0 Å². The summed E-state index contributed by atoms with van der Waals surface area (Å²) in [4.78, 5) is 27.7. The minimum absolute atomic E-state index is 0.109. The SMILES string of the molecule is COc1ccc(-c2nc3ccc(C(=O)N(CCC(C)C)CCC(C)C)cn3c2CCCN2CCCC2)cn1. The van der Waals surface area contributed by atoms with Gasteiger partial charge < -0.3 is 18.9 Å². The number of hydrogen-bond donors (Lipinski definition) is 0. The van der Waals surface area contributed by atoms with Crippen LogP contribution in [0.4, 0.5) is 0 Å². The minimum Gasteiger partial charge on any atom is -0.481 e. The van der Waals surface area contributed by atoms with Gasteiger partial charge >= 0.3 is 0 Å². The maximum Gasteiger partial charge on any atom is 0.255 e. The summed E-state index contributed by atoms with van der Waals surface area (Å²) in [5, 5.41) is 0. The van der Waals surface area contributed by atoms with Crippen LogP contribution in [0.25, 0.3) is 16.9 Å². The molecule has 0 unspecified atom stereocenters. The van der Waals surface area contributed by atoms with Crippen LogP contribution in [-0.4, -0.2) is 69.9 Å². The molecule has 4 rings (SSSR count). The van der Waals surface area contributed by atoms with E-state index < -0.39 is 0 Å². The zero-order valence-electron chi connectivity index (χ0n) is 23.9. The van der Waals surface area contributed by atoms with E-state index in [9.17, 15) is 4.79 Å². The van der Waals surface area contributed by atoms with Crippen molar-refractivity contribution >= 4 is 11.6 Å². The molecule has 206 valence electrons. The Balaban J connectivity index is 1.65. The lowest BCUT2D eigenvalue weighted by Crippen LogP contribution is -2.34. The topological polar surface area (TPSA) is 63.0 Å². The van der Waals surface area contributed by atoms with E-state index in [1.54, 1.807) is 7.11 Å². The first-order valence-electron chi connectivity index (χ1n) is 14.4. The summed E-state index contributed by atoms with van der Waals surface area (Å²) in [6.07, 6.45) is 10.4. The number of nitrogens with zero attached hydrogens (tertiary/aromatic N) is 5. The molecule has 38 heavy (non-hydrogen) atoms. The molecule has 0 N–H and O–H groups in total. The third-order valence-corrected chi connectivity index (χ3v) is 7.51. The maximum absolute atomic E-state index is 13.7. The molecule has 0 aromatic carbocycles. The molecule has 1 aliphatic heterocycles. The third-order valence-electron chi connectivity index (χ3n) is 7.51. The summed E-state index contributed by atoms with van der Waals surface area (Å²) in [6.45, 7) is 13.9. The lowest BCUT2D eigenvalue weighted by atomic mass is 10.1. The van der Waals surface area contributed by atoms with Crippen LogP contribution in [0.1, 0.15) is 75.9 Å². The van der Waals surface area contributed by atoms with Crippen molar-refractivity contribution in [2.45, 2.75) is 66.2 Å². The molecular weight excluding hydrogens is 474 g/mol. The molecule has 1 saturated heterocycles. The molecule has 1 amide bonds. The first-order chi connectivity index (χ1) is 18.4. The number of fused-ring (bicyclic) bond motifs is 1. The number of carbonyl (C=O) groups excluding carboxylic acids is 1. The average molecular weight is 520 g/mol. The van der Waals surface area contributed by atoms with Gasteiger partial charge in [0.15, 0.2) is 0 Å². The Morgan fingerprint density at radius 3 is 2.34 bits per heavy atom. The number of aryl methyl sites for hydroxylation is 1. The molecule has 0 aliphatic carbocycles. The molecule has 7 heteroatoms. The first-order valence-corrected chi connectivity index (χ1v) is 14.4. The molecule has 1 fully saturated rings. The molecule has 0 saturated carbocycles. The van der Waals surface area contributed by atoms with Gasteiger partial charge in [0.1, 0.15) is 5.65 Å². The smallest absolute Gasteiger partial charge is 0.255 e. The van der Waals surface area contributed by atoms with E-state index in [1.165, 1.54) is 25.9 Å². The van der Waals surface area contributed by atoms with Gasteiger partial charge in [-0.05, 0) is 88.2 Å². The third kappa shape index (κ3) is 7.13. The van der Waals surface area contributed by atoms with Crippen molar-refractivity contribution in [2.75, 3.05) is 39.8 Å². The van der Waals surface area contributed by atoms with E-state index in [0.29, 0.717) is 17.7 Å². The Labute approximate surface area is 228 Å². The highest BCUT2D eigenvalue weighted by molar-refractivity contribution is 5.94. The number of carbonyl (C=O) groups is 1. The van der Waals surface area contributed by atoms with Crippen molar-refractivity contribution in [3.63, 3.8) is 0 Å². The first kappa shape index (κ1) is 28.1. The van der Waals surface area contributed by atoms with Crippen molar-refractivity contribution in [2.24, 2.45) is 11.8 Å². The van der Waals surface area contributed by atoms with Crippen molar-refractivity contribution < 1.29 is 9.53 Å². The molecular formula is C31H45N5O2. The summed E-state index contributed by atoms with van der Waals surface area (Å²) in [6, 6.07) is 7.82. The number of amides is 1. The second-order valence-electron chi connectivity index (χ2n) is 11.5.